The third kappa shape index (κ3) is 3.50. The number of benzene rings is 2. The number of carbonyl (C=O) groups excluding carboxylic acids is 1. The molecule has 0 aliphatic heterocycles. The van der Waals surface area contributed by atoms with Crippen LogP contribution >= 0.6 is 0 Å². The van der Waals surface area contributed by atoms with E-state index in [9.17, 15) is 9.90 Å². The molecule has 0 bridgehead atoms. The second-order valence-corrected chi connectivity index (χ2v) is 5.29. The maximum atomic E-state index is 12.2. The van der Waals surface area contributed by atoms with Gasteiger partial charge in [0, 0.05) is 0 Å². The van der Waals surface area contributed by atoms with Crippen LogP contribution in [0.2, 0.25) is 0 Å². The van der Waals surface area contributed by atoms with Gasteiger partial charge in [0.15, 0.2) is 0 Å². The molecule has 110 valence electrons. The molecular weight excluding hydrogens is 264 g/mol. The Balaban J connectivity index is 2.13. The minimum absolute atomic E-state index is 0.427. The van der Waals surface area contributed by atoms with E-state index in [1.54, 1.807) is 19.1 Å². The Morgan fingerprint density at radius 3 is 2.14 bits per heavy atom. The molecule has 0 radical (unpaired) electrons. The molecule has 0 amide bonds. The van der Waals surface area contributed by atoms with Gasteiger partial charge in [-0.2, -0.15) is 0 Å². The zero-order valence-corrected chi connectivity index (χ0v) is 12.5. The zero-order valence-electron chi connectivity index (χ0n) is 12.5. The first-order chi connectivity index (χ1) is 10.0. The number of hydrogen-bond acceptors (Lipinski definition) is 3. The lowest BCUT2D eigenvalue weighted by Crippen LogP contribution is -2.24. The Morgan fingerprint density at radius 2 is 1.57 bits per heavy atom. The lowest BCUT2D eigenvalue weighted by atomic mass is 9.97. The molecule has 0 unspecified atom stereocenters. The summed E-state index contributed by atoms with van der Waals surface area (Å²) >= 11 is 0. The van der Waals surface area contributed by atoms with E-state index in [1.165, 1.54) is 0 Å². The van der Waals surface area contributed by atoms with Crippen LogP contribution in [0.4, 0.5) is 0 Å². The summed E-state index contributed by atoms with van der Waals surface area (Å²) < 4.78 is 5.48. The summed E-state index contributed by atoms with van der Waals surface area (Å²) in [6.07, 6.45) is -0.872. The van der Waals surface area contributed by atoms with E-state index < -0.39 is 18.0 Å². The van der Waals surface area contributed by atoms with Gasteiger partial charge in [-0.15, -0.1) is 0 Å². The number of aliphatic hydroxyl groups is 1. The quantitative estimate of drug-likeness (QED) is 0.689. The van der Waals surface area contributed by atoms with Gasteiger partial charge in [0.25, 0.3) is 0 Å². The topological polar surface area (TPSA) is 46.5 Å². The normalized spacial score (nSPS) is 13.5. The maximum absolute atomic E-state index is 12.2. The molecule has 1 N–H and O–H groups in total. The molecule has 21 heavy (non-hydrogen) atoms. The monoisotopic (exact) mass is 284 g/mol. The van der Waals surface area contributed by atoms with Crippen molar-refractivity contribution >= 4 is 5.97 Å². The number of aryl methyl sites for hydroxylation is 2. The van der Waals surface area contributed by atoms with E-state index in [-0.39, 0.29) is 0 Å². The first-order valence-corrected chi connectivity index (χ1v) is 7.01. The second kappa shape index (κ2) is 6.55. The summed E-state index contributed by atoms with van der Waals surface area (Å²) in [6, 6.07) is 14.9. The molecule has 0 saturated heterocycles. The second-order valence-electron chi connectivity index (χ2n) is 5.29. The van der Waals surface area contributed by atoms with Gasteiger partial charge in [-0.1, -0.05) is 48.5 Å². The standard InChI is InChI=1S/C18H20O3/c1-12-8-7-9-13(2)17(12)21-18(20)14(3)16(19)15-10-5-4-6-11-15/h4-11,14,16,19H,1-3H3/t14-,16-/m0/s1. The van der Waals surface area contributed by atoms with E-state index >= 15 is 0 Å². The minimum atomic E-state index is -0.872. The van der Waals surface area contributed by atoms with Gasteiger partial charge in [0.1, 0.15) is 5.75 Å². The lowest BCUT2D eigenvalue weighted by molar-refractivity contribution is -0.142. The largest absolute Gasteiger partial charge is 0.426 e. The van der Waals surface area contributed by atoms with Crippen LogP contribution in [0.3, 0.4) is 0 Å². The highest BCUT2D eigenvalue weighted by Crippen LogP contribution is 2.27. The van der Waals surface area contributed by atoms with Gasteiger partial charge in [0.2, 0.25) is 0 Å². The van der Waals surface area contributed by atoms with E-state index in [2.05, 4.69) is 0 Å². The van der Waals surface area contributed by atoms with Crippen LogP contribution in [-0.2, 0) is 4.79 Å². The Hall–Kier alpha value is -2.13. The molecule has 0 saturated carbocycles. The average molecular weight is 284 g/mol. The van der Waals surface area contributed by atoms with E-state index in [1.807, 2.05) is 50.2 Å². The molecule has 2 atom stereocenters. The average Bonchev–Trinajstić information content (AvgIpc) is 2.50. The molecule has 0 aromatic heterocycles. The van der Waals surface area contributed by atoms with Crippen molar-refractivity contribution in [3.8, 4) is 5.75 Å². The van der Waals surface area contributed by atoms with Crippen molar-refractivity contribution in [2.45, 2.75) is 26.9 Å². The molecular formula is C18H20O3. The van der Waals surface area contributed by atoms with Gasteiger partial charge in [-0.25, -0.2) is 0 Å². The Bertz CT molecular complexity index is 599. The Labute approximate surface area is 125 Å². The fourth-order valence-electron chi connectivity index (χ4n) is 2.22. The van der Waals surface area contributed by atoms with Gasteiger partial charge in [-0.3, -0.25) is 4.79 Å². The zero-order chi connectivity index (χ0) is 15.4. The van der Waals surface area contributed by atoms with Crippen molar-refractivity contribution < 1.29 is 14.6 Å². The van der Waals surface area contributed by atoms with E-state index in [4.69, 9.17) is 4.74 Å². The molecule has 0 spiro atoms. The predicted octanol–water partition coefficient (Wildman–Crippen LogP) is 3.58. The van der Waals surface area contributed by atoms with Crippen molar-refractivity contribution in [3.05, 3.63) is 65.2 Å². The molecule has 2 rings (SSSR count). The van der Waals surface area contributed by atoms with Crippen molar-refractivity contribution in [2.24, 2.45) is 5.92 Å². The number of carbonyl (C=O) groups is 1. The molecule has 0 fully saturated rings. The summed E-state index contributed by atoms with van der Waals surface area (Å²) in [5, 5.41) is 10.3. The number of aliphatic hydroxyl groups excluding tert-OH is 1. The van der Waals surface area contributed by atoms with Crippen LogP contribution in [0.25, 0.3) is 0 Å². The first kappa shape index (κ1) is 15.3. The van der Waals surface area contributed by atoms with Gasteiger partial charge < -0.3 is 9.84 Å². The smallest absolute Gasteiger partial charge is 0.317 e. The van der Waals surface area contributed by atoms with Gasteiger partial charge in [0.05, 0.1) is 12.0 Å². The molecule has 0 heterocycles. The lowest BCUT2D eigenvalue weighted by Gasteiger charge is -2.19. The van der Waals surface area contributed by atoms with Gasteiger partial charge >= 0.3 is 5.97 Å². The Morgan fingerprint density at radius 1 is 1.00 bits per heavy atom. The van der Waals surface area contributed by atoms with Crippen LogP contribution in [0, 0.1) is 19.8 Å². The molecule has 0 aliphatic carbocycles. The number of esters is 1. The minimum Gasteiger partial charge on any atom is -0.426 e. The van der Waals surface area contributed by atoms with Crippen LogP contribution in [0.1, 0.15) is 29.7 Å². The maximum Gasteiger partial charge on any atom is 0.317 e. The number of rotatable bonds is 4. The summed E-state index contributed by atoms with van der Waals surface area (Å²) in [6.45, 7) is 5.47. The summed E-state index contributed by atoms with van der Waals surface area (Å²) in [4.78, 5) is 12.2. The van der Waals surface area contributed by atoms with Crippen LogP contribution in [0.15, 0.2) is 48.5 Å². The number of para-hydroxylation sites is 1. The molecule has 0 aliphatic rings. The van der Waals surface area contributed by atoms with Gasteiger partial charge in [-0.05, 0) is 37.5 Å². The highest BCUT2D eigenvalue weighted by atomic mass is 16.5. The van der Waals surface area contributed by atoms with Crippen molar-refractivity contribution in [2.75, 3.05) is 0 Å². The van der Waals surface area contributed by atoms with Crippen molar-refractivity contribution in [1.82, 2.24) is 0 Å². The number of ether oxygens (including phenoxy) is 1. The summed E-state index contributed by atoms with van der Waals surface area (Å²) in [7, 11) is 0. The molecule has 3 nitrogen and oxygen atoms in total. The predicted molar refractivity (Wildman–Crippen MR) is 82.1 cm³/mol. The highest BCUT2D eigenvalue weighted by Gasteiger charge is 2.26. The van der Waals surface area contributed by atoms with Crippen LogP contribution in [-0.4, -0.2) is 11.1 Å². The summed E-state index contributed by atoms with van der Waals surface area (Å²) in [5.41, 5.74) is 2.53. The molecule has 2 aromatic rings. The van der Waals surface area contributed by atoms with E-state index in [0.29, 0.717) is 11.3 Å². The fraction of sp³-hybridized carbons (Fsp3) is 0.278. The van der Waals surface area contributed by atoms with Crippen LogP contribution < -0.4 is 4.74 Å². The fourth-order valence-corrected chi connectivity index (χ4v) is 2.22. The first-order valence-electron chi connectivity index (χ1n) is 7.01. The highest BCUT2D eigenvalue weighted by molar-refractivity contribution is 5.76. The summed E-state index contributed by atoms with van der Waals surface area (Å²) in [5.74, 6) is -0.482. The third-order valence-electron chi connectivity index (χ3n) is 3.60. The Kier molecular flexibility index (Phi) is 4.76. The van der Waals surface area contributed by atoms with Crippen LogP contribution in [0.5, 0.6) is 5.75 Å². The molecule has 2 aromatic carbocycles. The van der Waals surface area contributed by atoms with E-state index in [0.717, 1.165) is 11.1 Å². The molecule has 3 heteroatoms. The third-order valence-corrected chi connectivity index (χ3v) is 3.60. The SMILES string of the molecule is Cc1cccc(C)c1OC(=O)[C@@H](C)[C@H](O)c1ccccc1. The van der Waals surface area contributed by atoms with Crippen molar-refractivity contribution in [3.63, 3.8) is 0 Å². The number of hydrogen-bond donors (Lipinski definition) is 1. The van der Waals surface area contributed by atoms with Crippen molar-refractivity contribution in [1.29, 1.82) is 0 Å².